The second-order valence-electron chi connectivity index (χ2n) is 6.07. The summed E-state index contributed by atoms with van der Waals surface area (Å²) in [5.74, 6) is 0.00646. The van der Waals surface area contributed by atoms with Crippen LogP contribution in [0.1, 0.15) is 24.8 Å². The minimum atomic E-state index is -4.39. The largest absolute Gasteiger partial charge is 0.484 e. The Balaban J connectivity index is 1.57. The summed E-state index contributed by atoms with van der Waals surface area (Å²) in [6.45, 7) is 1.41. The van der Waals surface area contributed by atoms with E-state index in [0.29, 0.717) is 19.8 Å². The van der Waals surface area contributed by atoms with Crippen LogP contribution >= 0.6 is 0 Å². The van der Waals surface area contributed by atoms with Gasteiger partial charge in [-0.3, -0.25) is 4.79 Å². The van der Waals surface area contributed by atoms with Crippen molar-refractivity contribution in [2.24, 2.45) is 0 Å². The molecule has 0 aliphatic carbocycles. The summed E-state index contributed by atoms with van der Waals surface area (Å²) in [4.78, 5) is 14.2. The Morgan fingerprint density at radius 2 is 1.84 bits per heavy atom. The lowest BCUT2D eigenvalue weighted by atomic mass is 10.0. The molecule has 2 aliphatic rings. The van der Waals surface area contributed by atoms with Crippen LogP contribution in [0.3, 0.4) is 0 Å². The Morgan fingerprint density at radius 1 is 1.16 bits per heavy atom. The summed E-state index contributed by atoms with van der Waals surface area (Å²) in [5, 5.41) is 0. The van der Waals surface area contributed by atoms with Crippen LogP contribution in [0.5, 0.6) is 5.75 Å². The molecule has 8 heteroatoms. The van der Waals surface area contributed by atoms with Crippen LogP contribution in [0.15, 0.2) is 24.3 Å². The summed E-state index contributed by atoms with van der Waals surface area (Å²) in [6, 6.07) is 4.16. The molecular formula is C17H20F3NO4. The van der Waals surface area contributed by atoms with E-state index in [4.69, 9.17) is 14.2 Å². The first kappa shape index (κ1) is 18.0. The molecule has 0 spiro atoms. The van der Waals surface area contributed by atoms with Crippen molar-refractivity contribution in [1.29, 1.82) is 0 Å². The maximum absolute atomic E-state index is 12.5. The summed E-state index contributed by atoms with van der Waals surface area (Å²) >= 11 is 0. The number of hydrogen-bond donors (Lipinski definition) is 0. The lowest BCUT2D eigenvalue weighted by molar-refractivity contribution is -0.152. The van der Waals surface area contributed by atoms with Gasteiger partial charge in [0, 0.05) is 6.54 Å². The third-order valence-corrected chi connectivity index (χ3v) is 4.38. The highest BCUT2D eigenvalue weighted by Crippen LogP contribution is 2.30. The van der Waals surface area contributed by atoms with Crippen molar-refractivity contribution in [3.8, 4) is 5.75 Å². The fourth-order valence-electron chi connectivity index (χ4n) is 3.12. The van der Waals surface area contributed by atoms with Crippen molar-refractivity contribution >= 4 is 5.91 Å². The van der Waals surface area contributed by atoms with E-state index < -0.39 is 18.0 Å². The van der Waals surface area contributed by atoms with E-state index in [2.05, 4.69) is 0 Å². The molecule has 1 atom stereocenters. The third kappa shape index (κ3) is 4.43. The van der Waals surface area contributed by atoms with E-state index in [0.717, 1.165) is 31.4 Å². The Labute approximate surface area is 143 Å². The Hall–Kier alpha value is -1.80. The number of ether oxygens (including phenoxy) is 3. The zero-order chi connectivity index (χ0) is 17.9. The fourth-order valence-corrected chi connectivity index (χ4v) is 3.12. The van der Waals surface area contributed by atoms with Gasteiger partial charge in [0.2, 0.25) is 0 Å². The molecule has 25 heavy (non-hydrogen) atoms. The number of carbonyl (C=O) groups excluding carboxylic acids is 1. The first-order valence-corrected chi connectivity index (χ1v) is 8.28. The number of benzene rings is 1. The Kier molecular flexibility index (Phi) is 5.48. The first-order valence-electron chi connectivity index (χ1n) is 8.28. The normalized spacial score (nSPS) is 22.2. The molecule has 2 heterocycles. The topological polar surface area (TPSA) is 48.0 Å². The average molecular weight is 359 g/mol. The maximum atomic E-state index is 12.5. The fraction of sp³-hybridized carbons (Fsp3) is 0.588. The second kappa shape index (κ2) is 7.61. The van der Waals surface area contributed by atoms with Crippen molar-refractivity contribution in [2.45, 2.75) is 37.8 Å². The predicted octanol–water partition coefficient (Wildman–Crippen LogP) is 2.84. The molecular weight excluding hydrogens is 339 g/mol. The quantitative estimate of drug-likeness (QED) is 0.830. The summed E-state index contributed by atoms with van der Waals surface area (Å²) in [5.41, 5.74) is -0.752. The van der Waals surface area contributed by atoms with Gasteiger partial charge in [0.05, 0.1) is 24.8 Å². The minimum absolute atomic E-state index is 0.139. The van der Waals surface area contributed by atoms with Crippen LogP contribution in [0.2, 0.25) is 0 Å². The summed E-state index contributed by atoms with van der Waals surface area (Å²) < 4.78 is 54.0. The lowest BCUT2D eigenvalue weighted by Gasteiger charge is -2.37. The van der Waals surface area contributed by atoms with Gasteiger partial charge in [-0.25, -0.2) is 0 Å². The second-order valence-corrected chi connectivity index (χ2v) is 6.07. The van der Waals surface area contributed by atoms with Crippen LogP contribution < -0.4 is 4.74 Å². The monoisotopic (exact) mass is 359 g/mol. The van der Waals surface area contributed by atoms with Crippen LogP contribution in [-0.4, -0.2) is 49.5 Å². The van der Waals surface area contributed by atoms with Gasteiger partial charge < -0.3 is 19.1 Å². The summed E-state index contributed by atoms with van der Waals surface area (Å²) in [6.07, 6.45) is -2.10. The molecule has 2 aliphatic heterocycles. The molecule has 1 aromatic rings. The molecule has 3 rings (SSSR count). The Morgan fingerprint density at radius 3 is 2.48 bits per heavy atom. The molecule has 1 aromatic carbocycles. The number of halogens is 3. The minimum Gasteiger partial charge on any atom is -0.484 e. The first-order chi connectivity index (χ1) is 11.9. The smallest absolute Gasteiger partial charge is 0.416 e. The lowest BCUT2D eigenvalue weighted by Crippen LogP contribution is -2.51. The molecule has 138 valence electrons. The van der Waals surface area contributed by atoms with Gasteiger partial charge >= 0.3 is 6.18 Å². The van der Waals surface area contributed by atoms with E-state index in [1.807, 2.05) is 0 Å². The van der Waals surface area contributed by atoms with Gasteiger partial charge in [-0.05, 0) is 43.5 Å². The van der Waals surface area contributed by atoms with Crippen molar-refractivity contribution in [3.63, 3.8) is 0 Å². The van der Waals surface area contributed by atoms with E-state index >= 15 is 0 Å². The van der Waals surface area contributed by atoms with Crippen LogP contribution in [-0.2, 0) is 20.4 Å². The highest BCUT2D eigenvalue weighted by atomic mass is 19.4. The molecule has 0 aromatic heterocycles. The van der Waals surface area contributed by atoms with Gasteiger partial charge in [0.1, 0.15) is 5.75 Å². The zero-order valence-corrected chi connectivity index (χ0v) is 13.6. The highest BCUT2D eigenvalue weighted by Gasteiger charge is 2.36. The van der Waals surface area contributed by atoms with Gasteiger partial charge in [-0.2, -0.15) is 13.2 Å². The van der Waals surface area contributed by atoms with Crippen molar-refractivity contribution < 1.29 is 32.2 Å². The molecule has 2 saturated heterocycles. The molecule has 0 saturated carbocycles. The number of carbonyl (C=O) groups is 1. The van der Waals surface area contributed by atoms with Crippen LogP contribution in [0.4, 0.5) is 13.2 Å². The molecule has 0 N–H and O–H groups in total. The number of likely N-dealkylation sites (tertiary alicyclic amines) is 1. The molecule has 1 amide bonds. The molecule has 2 fully saturated rings. The van der Waals surface area contributed by atoms with E-state index in [1.165, 1.54) is 12.1 Å². The van der Waals surface area contributed by atoms with Gasteiger partial charge in [0.25, 0.3) is 5.91 Å². The van der Waals surface area contributed by atoms with Crippen molar-refractivity contribution in [2.75, 3.05) is 26.4 Å². The van der Waals surface area contributed by atoms with Crippen molar-refractivity contribution in [3.05, 3.63) is 29.8 Å². The van der Waals surface area contributed by atoms with Gasteiger partial charge in [-0.1, -0.05) is 0 Å². The number of alkyl halides is 3. The van der Waals surface area contributed by atoms with E-state index in [-0.39, 0.29) is 24.3 Å². The van der Waals surface area contributed by atoms with Gasteiger partial charge in [-0.15, -0.1) is 0 Å². The SMILES string of the molecule is O=C(COc1ccc(C(F)(F)F)cc1)N1CCCCC1C1OCCO1. The molecule has 0 radical (unpaired) electrons. The average Bonchev–Trinajstić information content (AvgIpc) is 3.14. The number of rotatable bonds is 4. The number of amides is 1. The highest BCUT2D eigenvalue weighted by molar-refractivity contribution is 5.78. The van der Waals surface area contributed by atoms with Crippen LogP contribution in [0.25, 0.3) is 0 Å². The van der Waals surface area contributed by atoms with Gasteiger partial charge in [0.15, 0.2) is 12.9 Å². The predicted molar refractivity (Wildman–Crippen MR) is 82.0 cm³/mol. The van der Waals surface area contributed by atoms with E-state index in [1.54, 1.807) is 4.90 Å². The molecule has 0 bridgehead atoms. The standard InChI is InChI=1S/C17H20F3NO4/c18-17(19,20)12-4-6-13(7-5-12)25-11-15(22)21-8-2-1-3-14(21)16-23-9-10-24-16/h4-7,14,16H,1-3,8-11H2. The summed E-state index contributed by atoms with van der Waals surface area (Å²) in [7, 11) is 0. The Bertz CT molecular complexity index is 585. The zero-order valence-electron chi connectivity index (χ0n) is 13.6. The number of piperidine rings is 1. The maximum Gasteiger partial charge on any atom is 0.416 e. The number of nitrogens with zero attached hydrogens (tertiary/aromatic N) is 1. The van der Waals surface area contributed by atoms with E-state index in [9.17, 15) is 18.0 Å². The molecule has 5 nitrogen and oxygen atoms in total. The van der Waals surface area contributed by atoms with Crippen LogP contribution in [0, 0.1) is 0 Å². The number of hydrogen-bond acceptors (Lipinski definition) is 4. The van der Waals surface area contributed by atoms with Crippen molar-refractivity contribution in [1.82, 2.24) is 4.90 Å². The molecule has 1 unspecified atom stereocenters. The third-order valence-electron chi connectivity index (χ3n) is 4.38.